The van der Waals surface area contributed by atoms with Crippen LogP contribution in [0.4, 0.5) is 51.2 Å². The van der Waals surface area contributed by atoms with Crippen molar-refractivity contribution in [3.63, 3.8) is 0 Å². The molecule has 0 spiro atoms. The summed E-state index contributed by atoms with van der Waals surface area (Å²) in [6.07, 6.45) is 0. The topological polar surface area (TPSA) is 22.9 Å². The Hall–Kier alpha value is -8.32. The Balaban J connectivity index is 1.04. The molecule has 6 heteroatoms. The fourth-order valence-electron chi connectivity index (χ4n) is 11.8. The zero-order valence-electron chi connectivity index (χ0n) is 42.5. The number of rotatable bonds is 6. The van der Waals surface area contributed by atoms with Crippen molar-refractivity contribution in [1.82, 2.24) is 0 Å². The summed E-state index contributed by atoms with van der Waals surface area (Å²) in [5.41, 5.74) is 20.6. The third-order valence-corrected chi connectivity index (χ3v) is 16.7. The minimum atomic E-state index is -0.0567. The third-order valence-electron chi connectivity index (χ3n) is 15.6. The van der Waals surface area contributed by atoms with Gasteiger partial charge in [0.2, 0.25) is 0 Å². The molecule has 0 aliphatic carbocycles. The Bertz CT molecular complexity index is 4180. The van der Waals surface area contributed by atoms with Crippen LogP contribution in [0.15, 0.2) is 223 Å². The molecule has 356 valence electrons. The van der Waals surface area contributed by atoms with Gasteiger partial charge in [0.15, 0.2) is 5.58 Å². The molecule has 0 unspecified atom stereocenters. The molecule has 2 aliphatic rings. The van der Waals surface area contributed by atoms with E-state index in [1.54, 1.807) is 0 Å². The highest BCUT2D eigenvalue weighted by atomic mass is 32.1. The van der Waals surface area contributed by atoms with Crippen molar-refractivity contribution >= 4 is 128 Å². The summed E-state index contributed by atoms with van der Waals surface area (Å²) in [5.74, 6) is 0. The van der Waals surface area contributed by atoms with Crippen molar-refractivity contribution in [3.05, 3.63) is 230 Å². The number of para-hydroxylation sites is 2. The van der Waals surface area contributed by atoms with E-state index in [0.717, 1.165) is 61.6 Å². The Kier molecular flexibility index (Phi) is 9.96. The average molecular weight is 972 g/mol. The second kappa shape index (κ2) is 16.6. The molecule has 12 aromatic rings. The zero-order chi connectivity index (χ0) is 50.0. The largest absolute Gasteiger partial charge is 0.454 e. The van der Waals surface area contributed by atoms with E-state index < -0.39 is 0 Å². The first kappa shape index (κ1) is 44.4. The summed E-state index contributed by atoms with van der Waals surface area (Å²) in [6.45, 7) is 13.7. The number of hydrogen-bond acceptors (Lipinski definition) is 5. The lowest BCUT2D eigenvalue weighted by molar-refractivity contribution is 0.590. The summed E-state index contributed by atoms with van der Waals surface area (Å²) in [5, 5.41) is 4.78. The van der Waals surface area contributed by atoms with Gasteiger partial charge in [-0.2, -0.15) is 0 Å². The molecule has 0 fully saturated rings. The second-order valence-corrected chi connectivity index (χ2v) is 23.2. The van der Waals surface area contributed by atoms with Crippen molar-refractivity contribution < 1.29 is 4.42 Å². The highest BCUT2D eigenvalue weighted by Gasteiger charge is 2.44. The lowest BCUT2D eigenvalue weighted by Gasteiger charge is -2.44. The van der Waals surface area contributed by atoms with Crippen LogP contribution in [-0.2, 0) is 10.8 Å². The minimum absolute atomic E-state index is 0.000344. The summed E-state index contributed by atoms with van der Waals surface area (Å²) >= 11 is 1.89. The van der Waals surface area contributed by atoms with Crippen molar-refractivity contribution in [1.29, 1.82) is 0 Å². The maximum atomic E-state index is 6.88. The van der Waals surface area contributed by atoms with Crippen LogP contribution >= 0.6 is 11.3 Å². The molecule has 0 amide bonds. The van der Waals surface area contributed by atoms with Gasteiger partial charge in [0.25, 0.3) is 6.71 Å². The van der Waals surface area contributed by atoms with Crippen molar-refractivity contribution in [3.8, 4) is 11.1 Å². The van der Waals surface area contributed by atoms with Gasteiger partial charge in [0, 0.05) is 76.4 Å². The van der Waals surface area contributed by atoms with Gasteiger partial charge in [0.1, 0.15) is 5.58 Å². The van der Waals surface area contributed by atoms with E-state index in [-0.39, 0.29) is 17.5 Å². The molecule has 2 aromatic heterocycles. The van der Waals surface area contributed by atoms with E-state index in [9.17, 15) is 0 Å². The smallest absolute Gasteiger partial charge is 0.252 e. The highest BCUT2D eigenvalue weighted by molar-refractivity contribution is 7.26. The third kappa shape index (κ3) is 7.03. The fraction of sp³-hybridized carbons (Fsp3) is 0.118. The van der Waals surface area contributed by atoms with Crippen LogP contribution in [0.3, 0.4) is 0 Å². The van der Waals surface area contributed by atoms with E-state index in [0.29, 0.717) is 0 Å². The van der Waals surface area contributed by atoms with Gasteiger partial charge in [-0.1, -0.05) is 169 Å². The molecular weight excluding hydrogens is 918 g/mol. The van der Waals surface area contributed by atoms with Crippen LogP contribution in [0, 0.1) is 0 Å². The van der Waals surface area contributed by atoms with Crippen LogP contribution in [0.1, 0.15) is 52.7 Å². The summed E-state index contributed by atoms with van der Waals surface area (Å²) in [7, 11) is 0. The standard InChI is InChI=1S/C68H54BN3OS/c1-67(2,3)45-29-33-47(34-30-45)71-57-24-16-25-58-65(57)69(56-42-64-54(52-22-11-13-28-63(52)74-64)41-61(56)72(58)48-35-31-46(32-36-48)68(4,5)6)55-38-37-50(40-60(55)71)70(49-20-14-19-44(39-49)43-17-8-7-9-18-43)59-26-15-23-53-51-21-10-12-27-62(51)73-66(53)59/h7-42H,1-6H3. The Morgan fingerprint density at radius 3 is 1.70 bits per heavy atom. The molecule has 74 heavy (non-hydrogen) atoms. The van der Waals surface area contributed by atoms with E-state index >= 15 is 0 Å². The highest BCUT2D eigenvalue weighted by Crippen LogP contribution is 2.49. The molecular formula is C68H54BN3OS. The molecule has 0 bridgehead atoms. The number of nitrogens with zero attached hydrogens (tertiary/aromatic N) is 3. The van der Waals surface area contributed by atoms with Gasteiger partial charge in [-0.25, -0.2) is 0 Å². The van der Waals surface area contributed by atoms with E-state index in [1.165, 1.54) is 70.3 Å². The maximum absolute atomic E-state index is 6.88. The van der Waals surface area contributed by atoms with Crippen LogP contribution in [0.2, 0.25) is 0 Å². The number of thiophene rings is 1. The van der Waals surface area contributed by atoms with Gasteiger partial charge in [0.05, 0.1) is 5.69 Å². The maximum Gasteiger partial charge on any atom is 0.252 e. The molecule has 14 rings (SSSR count). The lowest BCUT2D eigenvalue weighted by atomic mass is 9.33. The molecule has 0 radical (unpaired) electrons. The first-order valence-corrected chi connectivity index (χ1v) is 26.7. The van der Waals surface area contributed by atoms with Crippen LogP contribution in [0.5, 0.6) is 0 Å². The fourth-order valence-corrected chi connectivity index (χ4v) is 13.0. The van der Waals surface area contributed by atoms with Crippen LogP contribution in [0.25, 0.3) is 53.2 Å². The van der Waals surface area contributed by atoms with Crippen molar-refractivity contribution in [2.75, 3.05) is 14.7 Å². The molecule has 4 heterocycles. The van der Waals surface area contributed by atoms with Crippen molar-refractivity contribution in [2.24, 2.45) is 0 Å². The molecule has 2 aliphatic heterocycles. The predicted molar refractivity (Wildman–Crippen MR) is 318 cm³/mol. The average Bonchev–Trinajstić information content (AvgIpc) is 4.04. The summed E-state index contributed by atoms with van der Waals surface area (Å²) < 4.78 is 9.48. The van der Waals surface area contributed by atoms with Crippen LogP contribution < -0.4 is 31.1 Å². The van der Waals surface area contributed by atoms with Gasteiger partial charge < -0.3 is 19.1 Å². The first-order chi connectivity index (χ1) is 36.0. The normalized spacial score (nSPS) is 13.2. The summed E-state index contributed by atoms with van der Waals surface area (Å²) in [4.78, 5) is 7.48. The number of hydrogen-bond donors (Lipinski definition) is 0. The Morgan fingerprint density at radius 1 is 0.419 bits per heavy atom. The zero-order valence-corrected chi connectivity index (χ0v) is 43.3. The van der Waals surface area contributed by atoms with Gasteiger partial charge >= 0.3 is 0 Å². The molecule has 10 aromatic carbocycles. The SMILES string of the molecule is CC(C)(C)c1ccc(N2c3cc(N(c4cccc(-c5ccccc5)c4)c4cccc5c4oc4ccccc45)ccc3B3c4cc5sc6ccccc6c5cc4N(c4ccc(C(C)(C)C)cc4)c4cccc2c43)cc1. The number of furan rings is 1. The van der Waals surface area contributed by atoms with Gasteiger partial charge in [-0.15, -0.1) is 11.3 Å². The monoisotopic (exact) mass is 971 g/mol. The van der Waals surface area contributed by atoms with E-state index in [2.05, 4.69) is 275 Å². The molecule has 0 N–H and O–H groups in total. The quantitative estimate of drug-likeness (QED) is 0.155. The lowest BCUT2D eigenvalue weighted by Crippen LogP contribution is -2.61. The molecule has 0 saturated carbocycles. The van der Waals surface area contributed by atoms with Crippen molar-refractivity contribution in [2.45, 2.75) is 52.4 Å². The number of anilines is 9. The molecule has 4 nitrogen and oxygen atoms in total. The Morgan fingerprint density at radius 2 is 1.00 bits per heavy atom. The Labute approximate surface area is 437 Å². The van der Waals surface area contributed by atoms with E-state index in [4.69, 9.17) is 4.42 Å². The van der Waals surface area contributed by atoms with Gasteiger partial charge in [-0.05, 0) is 140 Å². The second-order valence-electron chi connectivity index (χ2n) is 22.2. The van der Waals surface area contributed by atoms with Crippen LogP contribution in [-0.4, -0.2) is 6.71 Å². The van der Waals surface area contributed by atoms with E-state index in [1.807, 2.05) is 11.3 Å². The predicted octanol–water partition coefficient (Wildman–Crippen LogP) is 17.8. The first-order valence-electron chi connectivity index (χ1n) is 25.9. The molecule has 0 atom stereocenters. The molecule has 0 saturated heterocycles. The number of fused-ring (bicyclic) bond motifs is 10. The minimum Gasteiger partial charge on any atom is -0.454 e. The van der Waals surface area contributed by atoms with Gasteiger partial charge in [-0.3, -0.25) is 0 Å². The number of benzene rings is 10. The summed E-state index contributed by atoms with van der Waals surface area (Å²) in [6, 6.07) is 81.2.